The molecule has 0 aliphatic carbocycles. The van der Waals surface area contributed by atoms with Gasteiger partial charge in [-0.25, -0.2) is 0 Å². The summed E-state index contributed by atoms with van der Waals surface area (Å²) in [5.41, 5.74) is 2.49. The molecule has 0 saturated carbocycles. The molecule has 3 N–H and O–H groups in total. The summed E-state index contributed by atoms with van der Waals surface area (Å²) in [6.45, 7) is 4.10. The molecule has 1 aliphatic heterocycles. The Morgan fingerprint density at radius 2 is 1.39 bits per heavy atom. The zero-order chi connectivity index (χ0) is 19.9. The van der Waals surface area contributed by atoms with Gasteiger partial charge < -0.3 is 25.6 Å². The van der Waals surface area contributed by atoms with Gasteiger partial charge in [-0.15, -0.1) is 0 Å². The smallest absolute Gasteiger partial charge is 0.314 e. The molecule has 0 aromatic heterocycles. The van der Waals surface area contributed by atoms with Gasteiger partial charge in [0.15, 0.2) is 0 Å². The molecule has 1 saturated heterocycles. The van der Waals surface area contributed by atoms with Gasteiger partial charge in [0.2, 0.25) is 5.91 Å². The fourth-order valence-electron chi connectivity index (χ4n) is 2.87. The molecule has 0 unspecified atom stereocenters. The average molecular weight is 382 g/mol. The summed E-state index contributed by atoms with van der Waals surface area (Å²) in [6, 6.07) is 13.9. The number of para-hydroxylation sites is 2. The summed E-state index contributed by atoms with van der Waals surface area (Å²) in [7, 11) is 0. The van der Waals surface area contributed by atoms with Gasteiger partial charge in [0.05, 0.1) is 24.6 Å². The van der Waals surface area contributed by atoms with E-state index in [4.69, 9.17) is 4.74 Å². The number of amides is 3. The standard InChI is InChI=1S/C20H22N4O4/c1-14(25)21-15-6-8-16(9-7-15)22-19(26)20(27)23-17-4-2-3-5-18(17)24-10-12-28-13-11-24/h2-9H,10-13H2,1H3,(H,21,25)(H,22,26)(H,23,27). The van der Waals surface area contributed by atoms with Crippen LogP contribution in [0.25, 0.3) is 0 Å². The first-order valence-corrected chi connectivity index (χ1v) is 8.94. The van der Waals surface area contributed by atoms with Gasteiger partial charge in [0, 0.05) is 31.4 Å². The molecule has 28 heavy (non-hydrogen) atoms. The van der Waals surface area contributed by atoms with Crippen LogP contribution in [0.1, 0.15) is 6.92 Å². The predicted molar refractivity (Wildman–Crippen MR) is 107 cm³/mol. The summed E-state index contributed by atoms with van der Waals surface area (Å²) in [6.07, 6.45) is 0. The van der Waals surface area contributed by atoms with Crippen LogP contribution in [0, 0.1) is 0 Å². The Morgan fingerprint density at radius 1 is 0.821 bits per heavy atom. The molecule has 2 aromatic carbocycles. The van der Waals surface area contributed by atoms with Crippen molar-refractivity contribution < 1.29 is 19.1 Å². The molecular formula is C20H22N4O4. The SMILES string of the molecule is CC(=O)Nc1ccc(NC(=O)C(=O)Nc2ccccc2N2CCOCC2)cc1. The highest BCUT2D eigenvalue weighted by Crippen LogP contribution is 2.26. The summed E-state index contributed by atoms with van der Waals surface area (Å²) >= 11 is 0. The normalized spacial score (nSPS) is 13.5. The maximum Gasteiger partial charge on any atom is 0.314 e. The van der Waals surface area contributed by atoms with E-state index in [1.54, 1.807) is 36.4 Å². The third-order valence-electron chi connectivity index (χ3n) is 4.17. The lowest BCUT2D eigenvalue weighted by molar-refractivity contribution is -0.132. The Balaban J connectivity index is 1.63. The molecule has 146 valence electrons. The number of benzene rings is 2. The number of nitrogens with zero attached hydrogens (tertiary/aromatic N) is 1. The number of ether oxygens (including phenoxy) is 1. The van der Waals surface area contributed by atoms with E-state index in [0.29, 0.717) is 30.3 Å². The fraction of sp³-hybridized carbons (Fsp3) is 0.250. The Hall–Kier alpha value is -3.39. The van der Waals surface area contributed by atoms with Crippen LogP contribution in [-0.2, 0) is 19.1 Å². The second kappa shape index (κ2) is 9.01. The van der Waals surface area contributed by atoms with E-state index in [9.17, 15) is 14.4 Å². The molecule has 1 fully saturated rings. The second-order valence-electron chi connectivity index (χ2n) is 6.28. The van der Waals surface area contributed by atoms with Gasteiger partial charge in [-0.1, -0.05) is 12.1 Å². The van der Waals surface area contributed by atoms with E-state index in [1.165, 1.54) is 6.92 Å². The highest BCUT2D eigenvalue weighted by molar-refractivity contribution is 6.43. The summed E-state index contributed by atoms with van der Waals surface area (Å²) in [5, 5.41) is 7.85. The van der Waals surface area contributed by atoms with Crippen molar-refractivity contribution in [1.29, 1.82) is 0 Å². The van der Waals surface area contributed by atoms with E-state index >= 15 is 0 Å². The topological polar surface area (TPSA) is 99.8 Å². The minimum absolute atomic E-state index is 0.185. The molecule has 8 nitrogen and oxygen atoms in total. The van der Waals surface area contributed by atoms with Crippen LogP contribution >= 0.6 is 0 Å². The lowest BCUT2D eigenvalue weighted by Crippen LogP contribution is -2.37. The molecule has 3 amide bonds. The third kappa shape index (κ3) is 5.08. The van der Waals surface area contributed by atoms with E-state index in [1.807, 2.05) is 12.1 Å². The van der Waals surface area contributed by atoms with Crippen molar-refractivity contribution in [2.24, 2.45) is 0 Å². The minimum Gasteiger partial charge on any atom is -0.378 e. The monoisotopic (exact) mass is 382 g/mol. The fourth-order valence-corrected chi connectivity index (χ4v) is 2.87. The molecule has 3 rings (SSSR count). The Morgan fingerprint density at radius 3 is 2.04 bits per heavy atom. The first-order valence-electron chi connectivity index (χ1n) is 8.94. The maximum absolute atomic E-state index is 12.3. The zero-order valence-electron chi connectivity index (χ0n) is 15.5. The van der Waals surface area contributed by atoms with Crippen molar-refractivity contribution in [3.63, 3.8) is 0 Å². The number of anilines is 4. The van der Waals surface area contributed by atoms with Gasteiger partial charge in [0.25, 0.3) is 0 Å². The van der Waals surface area contributed by atoms with Crippen molar-refractivity contribution in [2.45, 2.75) is 6.92 Å². The first kappa shape index (κ1) is 19.4. The minimum atomic E-state index is -0.774. The Labute approximate surface area is 162 Å². The number of hydrogen-bond acceptors (Lipinski definition) is 5. The van der Waals surface area contributed by atoms with Crippen LogP contribution < -0.4 is 20.9 Å². The number of hydrogen-bond donors (Lipinski definition) is 3. The van der Waals surface area contributed by atoms with Crippen molar-refractivity contribution in [1.82, 2.24) is 0 Å². The van der Waals surface area contributed by atoms with Crippen molar-refractivity contribution in [2.75, 3.05) is 47.2 Å². The highest BCUT2D eigenvalue weighted by Gasteiger charge is 2.19. The number of morpholine rings is 1. The van der Waals surface area contributed by atoms with E-state index in [-0.39, 0.29) is 5.91 Å². The van der Waals surface area contributed by atoms with Crippen molar-refractivity contribution in [3.8, 4) is 0 Å². The summed E-state index contributed by atoms with van der Waals surface area (Å²) in [4.78, 5) is 37.7. The van der Waals surface area contributed by atoms with Crippen LogP contribution in [0.2, 0.25) is 0 Å². The first-order chi connectivity index (χ1) is 13.5. The molecular weight excluding hydrogens is 360 g/mol. The van der Waals surface area contributed by atoms with E-state index in [2.05, 4.69) is 20.9 Å². The third-order valence-corrected chi connectivity index (χ3v) is 4.17. The second-order valence-corrected chi connectivity index (χ2v) is 6.28. The Kier molecular flexibility index (Phi) is 6.23. The number of rotatable bonds is 4. The molecule has 0 spiro atoms. The molecule has 0 bridgehead atoms. The molecule has 1 heterocycles. The number of nitrogens with one attached hydrogen (secondary N) is 3. The van der Waals surface area contributed by atoms with Gasteiger partial charge in [0.1, 0.15) is 0 Å². The summed E-state index contributed by atoms with van der Waals surface area (Å²) in [5.74, 6) is -1.72. The average Bonchev–Trinajstić information content (AvgIpc) is 2.70. The van der Waals surface area contributed by atoms with Gasteiger partial charge in [-0.3, -0.25) is 14.4 Å². The Bertz CT molecular complexity index is 861. The lowest BCUT2D eigenvalue weighted by atomic mass is 10.2. The van der Waals surface area contributed by atoms with Gasteiger partial charge >= 0.3 is 11.8 Å². The van der Waals surface area contributed by atoms with Crippen molar-refractivity contribution >= 4 is 40.5 Å². The molecule has 0 atom stereocenters. The quantitative estimate of drug-likeness (QED) is 0.703. The predicted octanol–water partition coefficient (Wildman–Crippen LogP) is 2.06. The molecule has 2 aromatic rings. The van der Waals surface area contributed by atoms with Crippen LogP contribution in [0.3, 0.4) is 0 Å². The molecule has 1 aliphatic rings. The van der Waals surface area contributed by atoms with Crippen molar-refractivity contribution in [3.05, 3.63) is 48.5 Å². The largest absolute Gasteiger partial charge is 0.378 e. The zero-order valence-corrected chi connectivity index (χ0v) is 15.5. The maximum atomic E-state index is 12.3. The van der Waals surface area contributed by atoms with E-state index < -0.39 is 11.8 Å². The summed E-state index contributed by atoms with van der Waals surface area (Å²) < 4.78 is 5.36. The van der Waals surface area contributed by atoms with Crippen LogP contribution in [0.5, 0.6) is 0 Å². The van der Waals surface area contributed by atoms with Crippen LogP contribution in [0.4, 0.5) is 22.7 Å². The lowest BCUT2D eigenvalue weighted by Gasteiger charge is -2.30. The number of carbonyl (C=O) groups excluding carboxylic acids is 3. The van der Waals surface area contributed by atoms with Gasteiger partial charge in [-0.05, 0) is 36.4 Å². The molecule has 0 radical (unpaired) electrons. The van der Waals surface area contributed by atoms with Crippen LogP contribution in [0.15, 0.2) is 48.5 Å². The number of carbonyl (C=O) groups is 3. The highest BCUT2D eigenvalue weighted by atomic mass is 16.5. The van der Waals surface area contributed by atoms with E-state index in [0.717, 1.165) is 18.8 Å². The molecule has 8 heteroatoms. The van der Waals surface area contributed by atoms with Gasteiger partial charge in [-0.2, -0.15) is 0 Å². The van der Waals surface area contributed by atoms with Crippen LogP contribution in [-0.4, -0.2) is 44.0 Å².